The van der Waals surface area contributed by atoms with E-state index in [9.17, 15) is 14.3 Å². The molecule has 3 nitrogen and oxygen atoms in total. The van der Waals surface area contributed by atoms with Crippen molar-refractivity contribution in [1.29, 1.82) is 0 Å². The van der Waals surface area contributed by atoms with Crippen molar-refractivity contribution >= 4 is 0 Å². The molecular formula is C13H11FO3. The van der Waals surface area contributed by atoms with Crippen LogP contribution >= 0.6 is 0 Å². The summed E-state index contributed by atoms with van der Waals surface area (Å²) in [6.45, 7) is 0. The molecule has 2 aromatic rings. The van der Waals surface area contributed by atoms with Crippen LogP contribution in [0.5, 0.6) is 0 Å². The normalized spacial score (nSPS) is 14.2. The number of rotatable bonds is 3. The van der Waals surface area contributed by atoms with Crippen molar-refractivity contribution in [3.8, 4) is 0 Å². The zero-order valence-electron chi connectivity index (χ0n) is 8.92. The number of hydrogen-bond donors (Lipinski definition) is 1. The lowest BCUT2D eigenvalue weighted by Gasteiger charge is -2.14. The summed E-state index contributed by atoms with van der Waals surface area (Å²) in [4.78, 5) is 11.0. The van der Waals surface area contributed by atoms with Gasteiger partial charge in [-0.05, 0) is 11.6 Å². The molecule has 0 saturated heterocycles. The molecule has 0 radical (unpaired) electrons. The third kappa shape index (κ3) is 2.60. The van der Waals surface area contributed by atoms with E-state index in [0.717, 1.165) is 0 Å². The first-order valence-electron chi connectivity index (χ1n) is 5.15. The third-order valence-electron chi connectivity index (χ3n) is 2.40. The van der Waals surface area contributed by atoms with Crippen LogP contribution in [0.1, 0.15) is 23.6 Å². The van der Waals surface area contributed by atoms with Crippen LogP contribution in [0.2, 0.25) is 0 Å². The van der Waals surface area contributed by atoms with Gasteiger partial charge in [-0.25, -0.2) is 9.18 Å². The lowest BCUT2D eigenvalue weighted by atomic mass is 10.0. The van der Waals surface area contributed by atoms with E-state index in [1.165, 1.54) is 18.2 Å². The summed E-state index contributed by atoms with van der Waals surface area (Å²) >= 11 is 0. The Kier molecular flexibility index (Phi) is 3.35. The quantitative estimate of drug-likeness (QED) is 0.887. The van der Waals surface area contributed by atoms with Crippen LogP contribution in [0.25, 0.3) is 0 Å². The summed E-state index contributed by atoms with van der Waals surface area (Å²) < 4.78 is 18.7. The van der Waals surface area contributed by atoms with Gasteiger partial charge in [0.05, 0.1) is 0 Å². The molecule has 2 unspecified atom stereocenters. The third-order valence-corrected chi connectivity index (χ3v) is 2.40. The number of hydrogen-bond acceptors (Lipinski definition) is 3. The number of aliphatic hydroxyl groups is 1. The van der Waals surface area contributed by atoms with Gasteiger partial charge < -0.3 is 9.52 Å². The number of halogens is 1. The summed E-state index contributed by atoms with van der Waals surface area (Å²) in [7, 11) is 0. The predicted molar refractivity (Wildman–Crippen MR) is 60.2 cm³/mol. The Morgan fingerprint density at radius 2 is 1.76 bits per heavy atom. The van der Waals surface area contributed by atoms with Gasteiger partial charge in [-0.3, -0.25) is 0 Å². The topological polar surface area (TPSA) is 50.4 Å². The molecule has 17 heavy (non-hydrogen) atoms. The second kappa shape index (κ2) is 4.93. The van der Waals surface area contributed by atoms with Gasteiger partial charge in [0.15, 0.2) is 6.17 Å². The number of alkyl halides is 1. The maximum atomic E-state index is 13.9. The van der Waals surface area contributed by atoms with E-state index in [2.05, 4.69) is 0 Å². The Morgan fingerprint density at radius 3 is 2.41 bits per heavy atom. The molecule has 1 aromatic carbocycles. The molecule has 0 bridgehead atoms. The Bertz CT molecular complexity index is 536. The van der Waals surface area contributed by atoms with E-state index in [1.54, 1.807) is 30.3 Å². The predicted octanol–water partition coefficient (Wildman–Crippen LogP) is 2.38. The molecule has 0 fully saturated rings. The summed E-state index contributed by atoms with van der Waals surface area (Å²) in [5, 5.41) is 9.76. The van der Waals surface area contributed by atoms with Gasteiger partial charge in [0, 0.05) is 6.07 Å². The van der Waals surface area contributed by atoms with Crippen LogP contribution in [0.15, 0.2) is 57.7 Å². The van der Waals surface area contributed by atoms with Crippen molar-refractivity contribution in [2.24, 2.45) is 0 Å². The van der Waals surface area contributed by atoms with Crippen LogP contribution in [-0.4, -0.2) is 5.11 Å². The Morgan fingerprint density at radius 1 is 1.06 bits per heavy atom. The van der Waals surface area contributed by atoms with Crippen molar-refractivity contribution in [2.45, 2.75) is 12.3 Å². The van der Waals surface area contributed by atoms with Crippen molar-refractivity contribution in [3.05, 3.63) is 70.3 Å². The summed E-state index contributed by atoms with van der Waals surface area (Å²) in [6.07, 6.45) is -3.10. The molecule has 2 atom stereocenters. The zero-order valence-corrected chi connectivity index (χ0v) is 8.92. The minimum atomic E-state index is -1.62. The number of aliphatic hydroxyl groups excluding tert-OH is 1. The molecule has 0 aliphatic rings. The van der Waals surface area contributed by atoms with Crippen LogP contribution in [-0.2, 0) is 0 Å². The largest absolute Gasteiger partial charge is 0.425 e. The van der Waals surface area contributed by atoms with Crippen molar-refractivity contribution in [3.63, 3.8) is 0 Å². The average molecular weight is 234 g/mol. The molecule has 4 heteroatoms. The molecule has 1 N–H and O–H groups in total. The summed E-state index contributed by atoms with van der Waals surface area (Å²) in [5.74, 6) is -0.0751. The zero-order chi connectivity index (χ0) is 12.3. The van der Waals surface area contributed by atoms with Gasteiger partial charge in [-0.15, -0.1) is 0 Å². The molecule has 0 amide bonds. The molecule has 2 rings (SSSR count). The smallest absolute Gasteiger partial charge is 0.335 e. The second-order valence-corrected chi connectivity index (χ2v) is 3.61. The molecule has 88 valence electrons. The van der Waals surface area contributed by atoms with E-state index >= 15 is 0 Å². The van der Waals surface area contributed by atoms with E-state index < -0.39 is 17.9 Å². The van der Waals surface area contributed by atoms with E-state index in [1.807, 2.05) is 0 Å². The highest BCUT2D eigenvalue weighted by molar-refractivity contribution is 5.20. The minimum absolute atomic E-state index is 0.0751. The van der Waals surface area contributed by atoms with Crippen molar-refractivity contribution in [2.75, 3.05) is 0 Å². The molecule has 0 aliphatic heterocycles. The maximum absolute atomic E-state index is 13.9. The van der Waals surface area contributed by atoms with Gasteiger partial charge in [0.25, 0.3) is 0 Å². The van der Waals surface area contributed by atoms with Gasteiger partial charge in [-0.2, -0.15) is 0 Å². The first kappa shape index (κ1) is 11.5. The van der Waals surface area contributed by atoms with E-state index in [-0.39, 0.29) is 5.76 Å². The molecular weight excluding hydrogens is 223 g/mol. The Labute approximate surface area is 97.1 Å². The first-order chi connectivity index (χ1) is 8.18. The average Bonchev–Trinajstić information content (AvgIpc) is 2.38. The fourth-order valence-electron chi connectivity index (χ4n) is 1.53. The maximum Gasteiger partial charge on any atom is 0.335 e. The lowest BCUT2D eigenvalue weighted by molar-refractivity contribution is 0.0562. The Hall–Kier alpha value is -1.94. The Balaban J connectivity index is 2.26. The van der Waals surface area contributed by atoms with Crippen molar-refractivity contribution in [1.82, 2.24) is 0 Å². The molecule has 0 saturated carbocycles. The fraction of sp³-hybridized carbons (Fsp3) is 0.154. The summed E-state index contributed by atoms with van der Waals surface area (Å²) in [6, 6.07) is 12.2. The van der Waals surface area contributed by atoms with Crippen LogP contribution in [0.3, 0.4) is 0 Å². The van der Waals surface area contributed by atoms with Gasteiger partial charge in [0.1, 0.15) is 11.9 Å². The van der Waals surface area contributed by atoms with E-state index in [4.69, 9.17) is 4.42 Å². The molecule has 1 heterocycles. The highest BCUT2D eigenvalue weighted by Crippen LogP contribution is 2.31. The number of benzene rings is 1. The molecule has 1 aromatic heterocycles. The summed E-state index contributed by atoms with van der Waals surface area (Å²) in [5.41, 5.74) is -0.270. The lowest BCUT2D eigenvalue weighted by Crippen LogP contribution is -2.09. The SMILES string of the molecule is O=c1cccc(C(O)C(F)c2ccccc2)o1. The molecule has 0 aliphatic carbocycles. The van der Waals surface area contributed by atoms with Crippen LogP contribution in [0.4, 0.5) is 4.39 Å². The van der Waals surface area contributed by atoms with Crippen molar-refractivity contribution < 1.29 is 13.9 Å². The fourth-order valence-corrected chi connectivity index (χ4v) is 1.53. The van der Waals surface area contributed by atoms with E-state index in [0.29, 0.717) is 5.56 Å². The van der Waals surface area contributed by atoms with Gasteiger partial charge in [-0.1, -0.05) is 36.4 Å². The van der Waals surface area contributed by atoms with Gasteiger partial charge >= 0.3 is 5.63 Å². The second-order valence-electron chi connectivity index (χ2n) is 3.61. The van der Waals surface area contributed by atoms with Gasteiger partial charge in [0.2, 0.25) is 0 Å². The highest BCUT2D eigenvalue weighted by atomic mass is 19.1. The standard InChI is InChI=1S/C13H11FO3/c14-12(9-5-2-1-3-6-9)13(16)10-7-4-8-11(15)17-10/h1-8,12-13,16H. The molecule has 0 spiro atoms. The highest BCUT2D eigenvalue weighted by Gasteiger charge is 2.24. The minimum Gasteiger partial charge on any atom is -0.425 e. The monoisotopic (exact) mass is 234 g/mol. The van der Waals surface area contributed by atoms with Crippen LogP contribution in [0, 0.1) is 0 Å². The van der Waals surface area contributed by atoms with Crippen LogP contribution < -0.4 is 5.63 Å². The first-order valence-corrected chi connectivity index (χ1v) is 5.15.